The highest BCUT2D eigenvalue weighted by Gasteiger charge is 2.12. The summed E-state index contributed by atoms with van der Waals surface area (Å²) in [6.07, 6.45) is -0.983. The van der Waals surface area contributed by atoms with Crippen LogP contribution in [0, 0.1) is 0 Å². The van der Waals surface area contributed by atoms with Gasteiger partial charge in [0.25, 0.3) is 0 Å². The summed E-state index contributed by atoms with van der Waals surface area (Å²) < 4.78 is 0. The molecule has 0 bridgehead atoms. The summed E-state index contributed by atoms with van der Waals surface area (Å²) in [6, 6.07) is 0. The quantitative estimate of drug-likeness (QED) is 0.232. The van der Waals surface area contributed by atoms with Gasteiger partial charge in [0, 0.05) is 6.61 Å². The Bertz CT molecular complexity index is 137. The van der Waals surface area contributed by atoms with Gasteiger partial charge in [0.15, 0.2) is 0 Å². The first-order chi connectivity index (χ1) is 8.03. The van der Waals surface area contributed by atoms with Crippen molar-refractivity contribution in [2.45, 2.75) is 37.6 Å². The topological polar surface area (TPSA) is 142 Å². The summed E-state index contributed by atoms with van der Waals surface area (Å²) in [4.78, 5) is 0. The maximum absolute atomic E-state index is 8.75. The number of unbranched alkanes of at least 4 members (excludes halogenated alkanes) is 1. The van der Waals surface area contributed by atoms with Crippen molar-refractivity contribution in [2.24, 2.45) is 0 Å². The fraction of sp³-hybridized carbons (Fsp3) is 1.00. The lowest BCUT2D eigenvalue weighted by molar-refractivity contribution is -0.0388. The molecule has 7 heteroatoms. The number of hydrogen-bond donors (Lipinski definition) is 7. The van der Waals surface area contributed by atoms with Crippen LogP contribution < -0.4 is 0 Å². The summed E-state index contributed by atoms with van der Waals surface area (Å²) in [6.45, 7) is -1.06. The van der Waals surface area contributed by atoms with Gasteiger partial charge in [0.1, 0.15) is 12.2 Å². The van der Waals surface area contributed by atoms with Gasteiger partial charge in [-0.15, -0.1) is 0 Å². The first-order valence-corrected chi connectivity index (χ1v) is 5.51. The molecule has 17 heavy (non-hydrogen) atoms. The van der Waals surface area contributed by atoms with Gasteiger partial charge < -0.3 is 35.7 Å². The van der Waals surface area contributed by atoms with E-state index in [0.717, 1.165) is 6.42 Å². The van der Waals surface area contributed by atoms with Gasteiger partial charge in [-0.25, -0.2) is 0 Å². The lowest BCUT2D eigenvalue weighted by atomic mass is 10.2. The number of rotatable bonds is 8. The van der Waals surface area contributed by atoms with Crippen LogP contribution in [0.15, 0.2) is 0 Å². The van der Waals surface area contributed by atoms with E-state index in [1.165, 1.54) is 0 Å². The molecule has 0 spiro atoms. The molecule has 0 fully saturated rings. The van der Waals surface area contributed by atoms with Crippen LogP contribution in [-0.2, 0) is 0 Å². The molecule has 106 valence electrons. The zero-order valence-electron chi connectivity index (χ0n) is 9.81. The Balaban J connectivity index is 0. The minimum absolute atomic E-state index is 0.165. The molecule has 7 N–H and O–H groups in total. The highest BCUT2D eigenvalue weighted by molar-refractivity contribution is 4.62. The Kier molecular flexibility index (Phi) is 15.5. The van der Waals surface area contributed by atoms with E-state index < -0.39 is 31.5 Å². The predicted molar refractivity (Wildman–Crippen MR) is 60.2 cm³/mol. The zero-order chi connectivity index (χ0) is 13.7. The summed E-state index contributed by atoms with van der Waals surface area (Å²) in [7, 11) is 0. The number of aliphatic hydroxyl groups is 7. The van der Waals surface area contributed by atoms with E-state index >= 15 is 0 Å². The van der Waals surface area contributed by atoms with Crippen molar-refractivity contribution in [3.05, 3.63) is 0 Å². The van der Waals surface area contributed by atoms with Gasteiger partial charge in [-0.1, -0.05) is 0 Å². The fourth-order valence-corrected chi connectivity index (χ4v) is 0.826. The first-order valence-electron chi connectivity index (χ1n) is 5.51. The van der Waals surface area contributed by atoms with Crippen molar-refractivity contribution in [2.75, 3.05) is 26.4 Å². The molecule has 0 aliphatic rings. The van der Waals surface area contributed by atoms with Gasteiger partial charge >= 0.3 is 0 Å². The molecule has 3 atom stereocenters. The molecular weight excluding hydrogens is 232 g/mol. The van der Waals surface area contributed by atoms with Crippen LogP contribution in [0.25, 0.3) is 0 Å². The van der Waals surface area contributed by atoms with E-state index in [1.54, 1.807) is 0 Å². The van der Waals surface area contributed by atoms with Gasteiger partial charge in [-0.2, -0.15) is 0 Å². The Morgan fingerprint density at radius 3 is 1.41 bits per heavy atom. The van der Waals surface area contributed by atoms with Crippen LogP contribution in [-0.4, -0.2) is 80.5 Å². The Hall–Kier alpha value is -0.280. The molecule has 0 radical (unpaired) electrons. The van der Waals surface area contributed by atoms with E-state index in [9.17, 15) is 0 Å². The molecular formula is C10H24O7. The van der Waals surface area contributed by atoms with E-state index in [4.69, 9.17) is 35.7 Å². The summed E-state index contributed by atoms with van der Waals surface area (Å²) in [5.41, 5.74) is 0. The third-order valence-corrected chi connectivity index (χ3v) is 1.97. The minimum Gasteiger partial charge on any atom is -0.396 e. The maximum Gasteiger partial charge on any atom is 0.105 e. The molecule has 0 amide bonds. The van der Waals surface area contributed by atoms with Crippen LogP contribution >= 0.6 is 0 Å². The average Bonchev–Trinajstić information content (AvgIpc) is 2.37. The summed E-state index contributed by atoms with van der Waals surface area (Å²) >= 11 is 0. The van der Waals surface area contributed by atoms with Crippen molar-refractivity contribution in [3.8, 4) is 0 Å². The van der Waals surface area contributed by atoms with Gasteiger partial charge in [-0.05, 0) is 19.3 Å². The second-order valence-corrected chi connectivity index (χ2v) is 3.56. The molecule has 0 rings (SSSR count). The molecule has 7 nitrogen and oxygen atoms in total. The zero-order valence-corrected chi connectivity index (χ0v) is 9.81. The van der Waals surface area contributed by atoms with Gasteiger partial charge in [0.05, 0.1) is 25.9 Å². The summed E-state index contributed by atoms with van der Waals surface area (Å²) in [5.74, 6) is 0. The monoisotopic (exact) mass is 256 g/mol. The Morgan fingerprint density at radius 1 is 0.647 bits per heavy atom. The molecule has 0 aromatic heterocycles. The van der Waals surface area contributed by atoms with E-state index in [1.807, 2.05) is 0 Å². The smallest absolute Gasteiger partial charge is 0.105 e. The molecule has 0 saturated heterocycles. The lowest BCUT2D eigenvalue weighted by Crippen LogP contribution is -2.31. The standard InChI is InChI=1S/C6H14O3.C4H10O4/c7-4-2-1-3-6(9)5-8;5-1-3(7)4(8)2-6/h6-9H,1-5H2;3-8H,1-2H2. The lowest BCUT2D eigenvalue weighted by Gasteiger charge is -2.10. The van der Waals surface area contributed by atoms with Crippen LogP contribution in [0.2, 0.25) is 0 Å². The number of hydrogen-bond acceptors (Lipinski definition) is 7. The predicted octanol–water partition coefficient (Wildman–Crippen LogP) is -2.80. The van der Waals surface area contributed by atoms with E-state index in [0.29, 0.717) is 12.8 Å². The van der Waals surface area contributed by atoms with Crippen LogP contribution in [0.3, 0.4) is 0 Å². The van der Waals surface area contributed by atoms with E-state index in [2.05, 4.69) is 0 Å². The van der Waals surface area contributed by atoms with Crippen LogP contribution in [0.5, 0.6) is 0 Å². The van der Waals surface area contributed by atoms with Crippen molar-refractivity contribution in [1.82, 2.24) is 0 Å². The average molecular weight is 256 g/mol. The molecule has 0 aromatic carbocycles. The van der Waals surface area contributed by atoms with Crippen molar-refractivity contribution in [1.29, 1.82) is 0 Å². The molecule has 0 aliphatic carbocycles. The van der Waals surface area contributed by atoms with Crippen molar-refractivity contribution >= 4 is 0 Å². The van der Waals surface area contributed by atoms with Gasteiger partial charge in [0.2, 0.25) is 0 Å². The Labute approximate surface area is 101 Å². The minimum atomic E-state index is -1.22. The normalized spacial score (nSPS) is 15.7. The van der Waals surface area contributed by atoms with Crippen LogP contribution in [0.4, 0.5) is 0 Å². The molecule has 0 aromatic rings. The molecule has 3 unspecified atom stereocenters. The molecule has 0 saturated carbocycles. The van der Waals surface area contributed by atoms with Gasteiger partial charge in [-0.3, -0.25) is 0 Å². The first kappa shape index (κ1) is 19.1. The van der Waals surface area contributed by atoms with Crippen LogP contribution in [0.1, 0.15) is 19.3 Å². The highest BCUT2D eigenvalue weighted by atomic mass is 16.4. The van der Waals surface area contributed by atoms with Crippen molar-refractivity contribution < 1.29 is 35.7 Å². The third kappa shape index (κ3) is 13.7. The van der Waals surface area contributed by atoms with Crippen molar-refractivity contribution in [3.63, 3.8) is 0 Å². The third-order valence-electron chi connectivity index (χ3n) is 1.97. The largest absolute Gasteiger partial charge is 0.396 e. The molecule has 0 aliphatic heterocycles. The molecule has 0 heterocycles. The summed E-state index contributed by atoms with van der Waals surface area (Å²) in [5, 5.41) is 58.5. The second-order valence-electron chi connectivity index (χ2n) is 3.56. The second kappa shape index (κ2) is 13.8. The Morgan fingerprint density at radius 2 is 1.12 bits per heavy atom. The van der Waals surface area contributed by atoms with E-state index in [-0.39, 0.29) is 13.2 Å². The fourth-order valence-electron chi connectivity index (χ4n) is 0.826. The SMILES string of the molecule is OCC(O)C(O)CO.OCCCCC(O)CO. The maximum atomic E-state index is 8.75. The number of aliphatic hydroxyl groups excluding tert-OH is 7. The highest BCUT2D eigenvalue weighted by Crippen LogP contribution is 1.98.